The van der Waals surface area contributed by atoms with E-state index in [9.17, 15) is 10.5 Å². The zero-order valence-corrected chi connectivity index (χ0v) is 16.4. The molecule has 5 aromatic rings. The fraction of sp³-hybridized carbons (Fsp3) is 0. The first kappa shape index (κ1) is 18.2. The summed E-state index contributed by atoms with van der Waals surface area (Å²) in [6, 6.07) is 33.5. The third kappa shape index (κ3) is 2.82. The molecule has 0 atom stereocenters. The summed E-state index contributed by atoms with van der Waals surface area (Å²) < 4.78 is 2.16. The number of nitriles is 3. The number of hydrogen-bond donors (Lipinski definition) is 0. The van der Waals surface area contributed by atoms with Gasteiger partial charge in [0.2, 0.25) is 0 Å². The zero-order chi connectivity index (χ0) is 21.4. The average Bonchev–Trinajstić information content (AvgIpc) is 3.17. The SMILES string of the molecule is N#Cc1ccc(-n2c3ccccc3c3cc(-c4c(C#N)cccc4C#N)ccc32)cc1. The molecular formula is C27H14N4. The molecule has 0 saturated carbocycles. The molecule has 0 saturated heterocycles. The van der Waals surface area contributed by atoms with Gasteiger partial charge < -0.3 is 4.57 Å². The minimum atomic E-state index is 0.481. The molecule has 31 heavy (non-hydrogen) atoms. The number of para-hydroxylation sites is 1. The van der Waals surface area contributed by atoms with Gasteiger partial charge in [0.05, 0.1) is 45.9 Å². The van der Waals surface area contributed by atoms with Gasteiger partial charge in [-0.3, -0.25) is 0 Å². The van der Waals surface area contributed by atoms with E-state index in [0.717, 1.165) is 33.1 Å². The first-order chi connectivity index (χ1) is 15.2. The van der Waals surface area contributed by atoms with Crippen LogP contribution in [0.25, 0.3) is 38.6 Å². The molecular weight excluding hydrogens is 380 g/mol. The Morgan fingerprint density at radius 3 is 1.94 bits per heavy atom. The van der Waals surface area contributed by atoms with Crippen molar-refractivity contribution in [2.75, 3.05) is 0 Å². The molecule has 0 aliphatic rings. The molecule has 0 unspecified atom stereocenters. The second kappa shape index (κ2) is 7.20. The van der Waals surface area contributed by atoms with Crippen LogP contribution in [-0.4, -0.2) is 4.57 Å². The second-order valence-electron chi connectivity index (χ2n) is 7.19. The van der Waals surface area contributed by atoms with Crippen LogP contribution in [0.3, 0.4) is 0 Å². The highest BCUT2D eigenvalue weighted by molar-refractivity contribution is 6.10. The van der Waals surface area contributed by atoms with E-state index in [1.54, 1.807) is 18.2 Å². The maximum Gasteiger partial charge on any atom is 0.0998 e. The normalized spacial score (nSPS) is 10.5. The molecule has 0 bridgehead atoms. The lowest BCUT2D eigenvalue weighted by molar-refractivity contribution is 1.18. The van der Waals surface area contributed by atoms with Crippen LogP contribution in [0.2, 0.25) is 0 Å². The molecule has 0 N–H and O–H groups in total. The van der Waals surface area contributed by atoms with E-state index < -0.39 is 0 Å². The lowest BCUT2D eigenvalue weighted by Gasteiger charge is -2.09. The molecule has 0 aliphatic carbocycles. The Morgan fingerprint density at radius 2 is 1.26 bits per heavy atom. The van der Waals surface area contributed by atoms with Crippen molar-refractivity contribution in [3.05, 3.63) is 102 Å². The number of nitrogens with zero attached hydrogens (tertiary/aromatic N) is 4. The number of aromatic nitrogens is 1. The first-order valence-electron chi connectivity index (χ1n) is 9.72. The van der Waals surface area contributed by atoms with Crippen molar-refractivity contribution in [3.63, 3.8) is 0 Å². The fourth-order valence-electron chi connectivity index (χ4n) is 4.14. The number of fused-ring (bicyclic) bond motifs is 3. The van der Waals surface area contributed by atoms with Crippen LogP contribution in [0, 0.1) is 34.0 Å². The second-order valence-corrected chi connectivity index (χ2v) is 7.19. The maximum atomic E-state index is 9.59. The van der Waals surface area contributed by atoms with Crippen LogP contribution in [0.15, 0.2) is 84.9 Å². The number of benzene rings is 4. The molecule has 4 heteroatoms. The van der Waals surface area contributed by atoms with Gasteiger partial charge in [-0.1, -0.05) is 30.3 Å². The highest BCUT2D eigenvalue weighted by Crippen LogP contribution is 2.36. The third-order valence-electron chi connectivity index (χ3n) is 5.52. The molecule has 1 heterocycles. The summed E-state index contributed by atoms with van der Waals surface area (Å²) in [5, 5.41) is 30.4. The Bertz CT molecular complexity index is 1570. The van der Waals surface area contributed by atoms with Gasteiger partial charge in [-0.25, -0.2) is 0 Å². The smallest absolute Gasteiger partial charge is 0.0998 e. The van der Waals surface area contributed by atoms with Crippen LogP contribution in [-0.2, 0) is 0 Å². The van der Waals surface area contributed by atoms with Crippen molar-refractivity contribution < 1.29 is 0 Å². The first-order valence-corrected chi connectivity index (χ1v) is 9.72. The highest BCUT2D eigenvalue weighted by Gasteiger charge is 2.16. The lowest BCUT2D eigenvalue weighted by atomic mass is 9.94. The van der Waals surface area contributed by atoms with E-state index in [1.807, 2.05) is 48.5 Å². The van der Waals surface area contributed by atoms with Crippen LogP contribution < -0.4 is 0 Å². The summed E-state index contributed by atoms with van der Waals surface area (Å²) in [5.41, 5.74) is 6.10. The Morgan fingerprint density at radius 1 is 0.581 bits per heavy atom. The number of hydrogen-bond acceptors (Lipinski definition) is 3. The third-order valence-corrected chi connectivity index (χ3v) is 5.52. The molecule has 1 aromatic heterocycles. The Labute approximate surface area is 179 Å². The summed E-state index contributed by atoms with van der Waals surface area (Å²) in [6.45, 7) is 0. The quantitative estimate of drug-likeness (QED) is 0.365. The van der Waals surface area contributed by atoms with Crippen molar-refractivity contribution in [1.29, 1.82) is 15.8 Å². The van der Waals surface area contributed by atoms with Gasteiger partial charge in [-0.05, 0) is 60.2 Å². The topological polar surface area (TPSA) is 76.3 Å². The minimum Gasteiger partial charge on any atom is -0.309 e. The van der Waals surface area contributed by atoms with Gasteiger partial charge >= 0.3 is 0 Å². The van der Waals surface area contributed by atoms with Gasteiger partial charge in [-0.15, -0.1) is 0 Å². The molecule has 0 spiro atoms. The Kier molecular flexibility index (Phi) is 4.22. The van der Waals surface area contributed by atoms with Crippen molar-refractivity contribution in [1.82, 2.24) is 4.57 Å². The summed E-state index contributed by atoms with van der Waals surface area (Å²) in [4.78, 5) is 0. The van der Waals surface area contributed by atoms with Gasteiger partial charge in [0.25, 0.3) is 0 Å². The molecule has 4 nitrogen and oxygen atoms in total. The van der Waals surface area contributed by atoms with Crippen molar-refractivity contribution in [3.8, 4) is 35.0 Å². The van der Waals surface area contributed by atoms with Crippen LogP contribution in [0.5, 0.6) is 0 Å². The Balaban J connectivity index is 1.83. The summed E-state index contributed by atoms with van der Waals surface area (Å²) >= 11 is 0. The van der Waals surface area contributed by atoms with Crippen LogP contribution in [0.1, 0.15) is 16.7 Å². The Hall–Kier alpha value is -4.85. The largest absolute Gasteiger partial charge is 0.309 e. The molecule has 0 fully saturated rings. The van der Waals surface area contributed by atoms with Crippen molar-refractivity contribution in [2.45, 2.75) is 0 Å². The predicted molar refractivity (Wildman–Crippen MR) is 120 cm³/mol. The summed E-state index contributed by atoms with van der Waals surface area (Å²) in [6.07, 6.45) is 0. The van der Waals surface area contributed by atoms with E-state index in [0.29, 0.717) is 22.3 Å². The van der Waals surface area contributed by atoms with E-state index in [2.05, 4.69) is 41.0 Å². The van der Waals surface area contributed by atoms with Gasteiger partial charge in [0, 0.05) is 22.0 Å². The predicted octanol–water partition coefficient (Wildman–Crippen LogP) is 6.07. The molecule has 5 rings (SSSR count). The lowest BCUT2D eigenvalue weighted by Crippen LogP contribution is -1.94. The van der Waals surface area contributed by atoms with E-state index >= 15 is 0 Å². The highest BCUT2D eigenvalue weighted by atomic mass is 15.0. The molecule has 142 valence electrons. The standard InChI is InChI=1S/C27H14N4/c28-15-18-8-11-22(12-9-18)31-25-7-2-1-6-23(25)24-14-19(10-13-26(24)31)27-20(16-29)4-3-5-21(27)17-30/h1-14H. The van der Waals surface area contributed by atoms with E-state index in [1.165, 1.54) is 0 Å². The monoisotopic (exact) mass is 394 g/mol. The summed E-state index contributed by atoms with van der Waals surface area (Å²) in [7, 11) is 0. The molecule has 0 radical (unpaired) electrons. The molecule has 4 aromatic carbocycles. The van der Waals surface area contributed by atoms with E-state index in [-0.39, 0.29) is 0 Å². The zero-order valence-electron chi connectivity index (χ0n) is 16.4. The van der Waals surface area contributed by atoms with Crippen molar-refractivity contribution in [2.24, 2.45) is 0 Å². The molecule has 0 aliphatic heterocycles. The molecule has 0 amide bonds. The summed E-state index contributed by atoms with van der Waals surface area (Å²) in [5.74, 6) is 0. The van der Waals surface area contributed by atoms with Gasteiger partial charge in [0.1, 0.15) is 0 Å². The van der Waals surface area contributed by atoms with Gasteiger partial charge in [-0.2, -0.15) is 15.8 Å². The maximum absolute atomic E-state index is 9.59. The van der Waals surface area contributed by atoms with Gasteiger partial charge in [0.15, 0.2) is 0 Å². The average molecular weight is 394 g/mol. The van der Waals surface area contributed by atoms with Crippen molar-refractivity contribution >= 4 is 21.8 Å². The van der Waals surface area contributed by atoms with E-state index in [4.69, 9.17) is 5.26 Å². The fourth-order valence-corrected chi connectivity index (χ4v) is 4.14. The van der Waals surface area contributed by atoms with Crippen LogP contribution in [0.4, 0.5) is 0 Å². The minimum absolute atomic E-state index is 0.481. The van der Waals surface area contributed by atoms with Crippen LogP contribution >= 0.6 is 0 Å². The number of rotatable bonds is 2.